The molecule has 2 fully saturated rings. The van der Waals surface area contributed by atoms with Crippen LogP contribution in [0.4, 0.5) is 0 Å². The Balaban J connectivity index is 1.69. The number of hydrogen-bond acceptors (Lipinski definition) is 3. The summed E-state index contributed by atoms with van der Waals surface area (Å²) in [7, 11) is 2.04. The van der Waals surface area contributed by atoms with E-state index < -0.39 is 0 Å². The van der Waals surface area contributed by atoms with Crippen molar-refractivity contribution in [2.45, 2.75) is 50.6 Å². The molecule has 2 N–H and O–H groups in total. The first-order valence-corrected chi connectivity index (χ1v) is 6.88. The standard InChI is InChI=1S/C13H26N2O/c1-14-13-10-16-9-11(13)8-15-12-6-4-2-3-5-7-12/h11-15H,2-10H2,1H3. The van der Waals surface area contributed by atoms with Crippen LogP contribution in [0.2, 0.25) is 0 Å². The van der Waals surface area contributed by atoms with E-state index in [1.807, 2.05) is 7.05 Å². The van der Waals surface area contributed by atoms with Gasteiger partial charge in [0.05, 0.1) is 13.2 Å². The number of likely N-dealkylation sites (N-methyl/N-ethyl adjacent to an activating group) is 1. The molecular formula is C13H26N2O. The van der Waals surface area contributed by atoms with Crippen LogP contribution in [0.3, 0.4) is 0 Å². The van der Waals surface area contributed by atoms with Gasteiger partial charge in [-0.1, -0.05) is 25.7 Å². The molecule has 1 saturated carbocycles. The third-order valence-corrected chi connectivity index (χ3v) is 4.09. The van der Waals surface area contributed by atoms with Gasteiger partial charge in [0.15, 0.2) is 0 Å². The smallest absolute Gasteiger partial charge is 0.0623 e. The largest absolute Gasteiger partial charge is 0.379 e. The van der Waals surface area contributed by atoms with E-state index in [4.69, 9.17) is 4.74 Å². The highest BCUT2D eigenvalue weighted by atomic mass is 16.5. The quantitative estimate of drug-likeness (QED) is 0.713. The van der Waals surface area contributed by atoms with Gasteiger partial charge in [0, 0.05) is 24.5 Å². The first kappa shape index (κ1) is 12.3. The van der Waals surface area contributed by atoms with E-state index in [9.17, 15) is 0 Å². The molecule has 2 aliphatic rings. The Labute approximate surface area is 99.3 Å². The molecular weight excluding hydrogens is 200 g/mol. The van der Waals surface area contributed by atoms with Crippen molar-refractivity contribution >= 4 is 0 Å². The van der Waals surface area contributed by atoms with E-state index in [-0.39, 0.29) is 0 Å². The van der Waals surface area contributed by atoms with Crippen molar-refractivity contribution in [3.8, 4) is 0 Å². The molecule has 1 aliphatic heterocycles. The van der Waals surface area contributed by atoms with Crippen LogP contribution in [-0.4, -0.2) is 38.9 Å². The van der Waals surface area contributed by atoms with Gasteiger partial charge in [-0.3, -0.25) is 0 Å². The van der Waals surface area contributed by atoms with Crippen LogP contribution in [0.15, 0.2) is 0 Å². The first-order chi connectivity index (χ1) is 7.90. The molecule has 0 aromatic heterocycles. The van der Waals surface area contributed by atoms with Gasteiger partial charge in [-0.25, -0.2) is 0 Å². The molecule has 1 saturated heterocycles. The highest BCUT2D eigenvalue weighted by Gasteiger charge is 2.27. The highest BCUT2D eigenvalue weighted by Crippen LogP contribution is 2.18. The fraction of sp³-hybridized carbons (Fsp3) is 1.00. The molecule has 0 aromatic carbocycles. The summed E-state index contributed by atoms with van der Waals surface area (Å²) in [5.74, 6) is 0.660. The summed E-state index contributed by atoms with van der Waals surface area (Å²) < 4.78 is 5.52. The lowest BCUT2D eigenvalue weighted by molar-refractivity contribution is 0.182. The van der Waals surface area contributed by atoms with E-state index in [0.29, 0.717) is 12.0 Å². The lowest BCUT2D eigenvalue weighted by Crippen LogP contribution is -2.41. The molecule has 1 aliphatic carbocycles. The van der Waals surface area contributed by atoms with Gasteiger partial charge in [-0.2, -0.15) is 0 Å². The van der Waals surface area contributed by atoms with Crippen LogP contribution in [0.25, 0.3) is 0 Å². The highest BCUT2D eigenvalue weighted by molar-refractivity contribution is 4.83. The van der Waals surface area contributed by atoms with Crippen molar-refractivity contribution < 1.29 is 4.74 Å². The average molecular weight is 226 g/mol. The minimum atomic E-state index is 0.554. The van der Waals surface area contributed by atoms with Crippen molar-refractivity contribution in [2.24, 2.45) is 5.92 Å². The summed E-state index contributed by atoms with van der Waals surface area (Å²) in [4.78, 5) is 0. The Bertz CT molecular complexity index is 190. The van der Waals surface area contributed by atoms with E-state index >= 15 is 0 Å². The third-order valence-electron chi connectivity index (χ3n) is 4.09. The van der Waals surface area contributed by atoms with Crippen LogP contribution in [0.1, 0.15) is 38.5 Å². The molecule has 2 atom stereocenters. The number of hydrogen-bond donors (Lipinski definition) is 2. The molecule has 16 heavy (non-hydrogen) atoms. The summed E-state index contributed by atoms with van der Waals surface area (Å²) in [6.45, 7) is 2.93. The maximum Gasteiger partial charge on any atom is 0.0623 e. The second-order valence-electron chi connectivity index (χ2n) is 5.29. The molecule has 0 aromatic rings. The number of ether oxygens (including phenoxy) is 1. The molecule has 3 nitrogen and oxygen atoms in total. The molecule has 3 heteroatoms. The second-order valence-corrected chi connectivity index (χ2v) is 5.29. The maximum absolute atomic E-state index is 5.52. The van der Waals surface area contributed by atoms with Gasteiger partial charge < -0.3 is 15.4 Å². The summed E-state index contributed by atoms with van der Waals surface area (Å²) in [6, 6.07) is 1.32. The lowest BCUT2D eigenvalue weighted by atomic mass is 10.0. The minimum Gasteiger partial charge on any atom is -0.379 e. The number of rotatable bonds is 4. The summed E-state index contributed by atoms with van der Waals surface area (Å²) in [5.41, 5.74) is 0. The minimum absolute atomic E-state index is 0.554. The Kier molecular flexibility index (Phi) is 5.07. The van der Waals surface area contributed by atoms with Crippen LogP contribution >= 0.6 is 0 Å². The van der Waals surface area contributed by atoms with Crippen molar-refractivity contribution in [1.82, 2.24) is 10.6 Å². The zero-order chi connectivity index (χ0) is 11.2. The average Bonchev–Trinajstić information content (AvgIpc) is 2.60. The Morgan fingerprint density at radius 3 is 2.50 bits per heavy atom. The van der Waals surface area contributed by atoms with Crippen LogP contribution in [0, 0.1) is 5.92 Å². The molecule has 2 unspecified atom stereocenters. The molecule has 0 radical (unpaired) electrons. The van der Waals surface area contributed by atoms with Gasteiger partial charge in [-0.05, 0) is 19.9 Å². The summed E-state index contributed by atoms with van der Waals surface area (Å²) in [6.07, 6.45) is 8.44. The second kappa shape index (κ2) is 6.58. The predicted molar refractivity (Wildman–Crippen MR) is 66.6 cm³/mol. The third kappa shape index (κ3) is 3.44. The normalized spacial score (nSPS) is 32.8. The van der Waals surface area contributed by atoms with Crippen LogP contribution in [-0.2, 0) is 4.74 Å². The van der Waals surface area contributed by atoms with Gasteiger partial charge >= 0.3 is 0 Å². The van der Waals surface area contributed by atoms with Crippen molar-refractivity contribution in [3.05, 3.63) is 0 Å². The van der Waals surface area contributed by atoms with E-state index in [1.165, 1.54) is 38.5 Å². The molecule has 0 spiro atoms. The zero-order valence-corrected chi connectivity index (χ0v) is 10.5. The van der Waals surface area contributed by atoms with Gasteiger partial charge in [0.25, 0.3) is 0 Å². The van der Waals surface area contributed by atoms with Crippen LogP contribution < -0.4 is 10.6 Å². The molecule has 94 valence electrons. The topological polar surface area (TPSA) is 33.3 Å². The molecule has 0 amide bonds. The van der Waals surface area contributed by atoms with Crippen molar-refractivity contribution in [2.75, 3.05) is 26.8 Å². The Morgan fingerprint density at radius 2 is 1.81 bits per heavy atom. The van der Waals surface area contributed by atoms with Crippen molar-refractivity contribution in [1.29, 1.82) is 0 Å². The zero-order valence-electron chi connectivity index (χ0n) is 10.5. The predicted octanol–water partition coefficient (Wildman–Crippen LogP) is 1.53. The maximum atomic E-state index is 5.52. The number of nitrogens with one attached hydrogen (secondary N) is 2. The fourth-order valence-corrected chi connectivity index (χ4v) is 2.92. The van der Waals surface area contributed by atoms with Gasteiger partial charge in [0.1, 0.15) is 0 Å². The fourth-order valence-electron chi connectivity index (χ4n) is 2.92. The van der Waals surface area contributed by atoms with E-state index in [2.05, 4.69) is 10.6 Å². The molecule has 2 rings (SSSR count). The van der Waals surface area contributed by atoms with Gasteiger partial charge in [-0.15, -0.1) is 0 Å². The Hall–Kier alpha value is -0.120. The first-order valence-electron chi connectivity index (χ1n) is 6.88. The Morgan fingerprint density at radius 1 is 1.06 bits per heavy atom. The summed E-state index contributed by atoms with van der Waals surface area (Å²) >= 11 is 0. The van der Waals surface area contributed by atoms with E-state index in [1.54, 1.807) is 0 Å². The summed E-state index contributed by atoms with van der Waals surface area (Å²) in [5, 5.41) is 7.10. The van der Waals surface area contributed by atoms with Crippen LogP contribution in [0.5, 0.6) is 0 Å². The van der Waals surface area contributed by atoms with Gasteiger partial charge in [0.2, 0.25) is 0 Å². The molecule has 1 heterocycles. The van der Waals surface area contributed by atoms with E-state index in [0.717, 1.165) is 25.8 Å². The lowest BCUT2D eigenvalue weighted by Gasteiger charge is -2.22. The molecule has 0 bridgehead atoms. The van der Waals surface area contributed by atoms with Crippen molar-refractivity contribution in [3.63, 3.8) is 0 Å². The monoisotopic (exact) mass is 226 g/mol. The SMILES string of the molecule is CNC1COCC1CNC1CCCCCC1.